The molecule has 1 saturated carbocycles. The van der Waals surface area contributed by atoms with Crippen LogP contribution in [0.4, 0.5) is 13.2 Å². The van der Waals surface area contributed by atoms with Crippen LogP contribution in [0.25, 0.3) is 0 Å². The number of halogens is 3. The molecule has 1 aromatic heterocycles. The maximum absolute atomic E-state index is 12.7. The number of rotatable bonds is 2. The van der Waals surface area contributed by atoms with Gasteiger partial charge in [0.2, 0.25) is 0 Å². The molecule has 1 aliphatic carbocycles. The second-order valence-corrected chi connectivity index (χ2v) is 3.55. The summed E-state index contributed by atoms with van der Waals surface area (Å²) in [6, 6.07) is -0.0214. The van der Waals surface area contributed by atoms with Crippen LogP contribution in [0, 0.1) is 0 Å². The molecular weight excluding hydrogens is 193 g/mol. The Bertz CT molecular complexity index is 336. The zero-order chi connectivity index (χ0) is 10.3. The first-order valence-electron chi connectivity index (χ1n) is 4.67. The molecule has 1 fully saturated rings. The summed E-state index contributed by atoms with van der Waals surface area (Å²) in [5.74, 6) is 0. The molecule has 0 saturated heterocycles. The highest BCUT2D eigenvalue weighted by Crippen LogP contribution is 2.41. The van der Waals surface area contributed by atoms with Crippen LogP contribution in [0.2, 0.25) is 0 Å². The molecule has 0 aromatic carbocycles. The van der Waals surface area contributed by atoms with Crippen molar-refractivity contribution >= 4 is 0 Å². The molecule has 0 spiro atoms. The highest BCUT2D eigenvalue weighted by atomic mass is 19.4. The van der Waals surface area contributed by atoms with E-state index >= 15 is 0 Å². The van der Waals surface area contributed by atoms with Crippen molar-refractivity contribution in [2.24, 2.45) is 0 Å². The third-order valence-electron chi connectivity index (χ3n) is 2.41. The van der Waals surface area contributed by atoms with Crippen molar-refractivity contribution in [3.8, 4) is 0 Å². The van der Waals surface area contributed by atoms with Crippen molar-refractivity contribution < 1.29 is 13.2 Å². The summed E-state index contributed by atoms with van der Waals surface area (Å²) < 4.78 is 39.1. The second-order valence-electron chi connectivity index (χ2n) is 3.55. The van der Waals surface area contributed by atoms with E-state index in [0.717, 1.165) is 17.5 Å². The number of nitrogens with zero attached hydrogens (tertiary/aromatic N) is 2. The number of hydrogen-bond donors (Lipinski definition) is 0. The van der Waals surface area contributed by atoms with Gasteiger partial charge in [0.25, 0.3) is 0 Å². The topological polar surface area (TPSA) is 17.8 Å². The second kappa shape index (κ2) is 3.00. The van der Waals surface area contributed by atoms with Gasteiger partial charge in [0.1, 0.15) is 5.69 Å². The van der Waals surface area contributed by atoms with Crippen LogP contribution in [0.3, 0.4) is 0 Å². The van der Waals surface area contributed by atoms with Gasteiger partial charge in [-0.2, -0.15) is 18.3 Å². The molecule has 0 radical (unpaired) electrons. The molecule has 0 aliphatic heterocycles. The van der Waals surface area contributed by atoms with Crippen LogP contribution in [-0.2, 0) is 12.6 Å². The summed E-state index contributed by atoms with van der Waals surface area (Å²) in [4.78, 5) is 0. The van der Waals surface area contributed by atoms with Gasteiger partial charge in [-0.25, -0.2) is 0 Å². The highest BCUT2D eigenvalue weighted by molar-refractivity contribution is 5.22. The predicted octanol–water partition coefficient (Wildman–Crippen LogP) is 2.80. The molecule has 0 N–H and O–H groups in total. The zero-order valence-corrected chi connectivity index (χ0v) is 7.80. The molecule has 5 heteroatoms. The van der Waals surface area contributed by atoms with Gasteiger partial charge in [0.15, 0.2) is 0 Å². The Kier molecular flexibility index (Phi) is 2.05. The van der Waals surface area contributed by atoms with Gasteiger partial charge >= 0.3 is 6.18 Å². The third-order valence-corrected chi connectivity index (χ3v) is 2.41. The molecule has 0 unspecified atom stereocenters. The van der Waals surface area contributed by atoms with Gasteiger partial charge in [-0.3, -0.25) is 4.68 Å². The van der Waals surface area contributed by atoms with E-state index < -0.39 is 11.9 Å². The third kappa shape index (κ3) is 1.51. The molecule has 2 rings (SSSR count). The van der Waals surface area contributed by atoms with Gasteiger partial charge in [-0.1, -0.05) is 6.92 Å². The Hall–Kier alpha value is -1.00. The van der Waals surface area contributed by atoms with Gasteiger partial charge in [-0.15, -0.1) is 0 Å². The summed E-state index contributed by atoms with van der Waals surface area (Å²) in [7, 11) is 0. The Balaban J connectivity index is 2.45. The smallest absolute Gasteiger partial charge is 0.257 e. The first kappa shape index (κ1) is 9.55. The van der Waals surface area contributed by atoms with E-state index in [-0.39, 0.29) is 6.04 Å². The maximum atomic E-state index is 12.7. The fraction of sp³-hybridized carbons (Fsp3) is 0.667. The largest absolute Gasteiger partial charge is 0.433 e. The van der Waals surface area contributed by atoms with Crippen molar-refractivity contribution in [3.63, 3.8) is 0 Å². The SMILES string of the molecule is CCc1cnn(C2CC2)c1C(F)(F)F. The number of aromatic nitrogens is 2. The van der Waals surface area contributed by atoms with Crippen LogP contribution in [0.5, 0.6) is 0 Å². The number of aryl methyl sites for hydroxylation is 1. The highest BCUT2D eigenvalue weighted by Gasteiger charge is 2.41. The first-order valence-corrected chi connectivity index (χ1v) is 4.67. The lowest BCUT2D eigenvalue weighted by atomic mass is 10.2. The normalized spacial score (nSPS) is 17.4. The molecule has 2 nitrogen and oxygen atoms in total. The van der Waals surface area contributed by atoms with E-state index in [4.69, 9.17) is 0 Å². The Labute approximate surface area is 79.7 Å². The van der Waals surface area contributed by atoms with Gasteiger partial charge in [-0.05, 0) is 19.3 Å². The lowest BCUT2D eigenvalue weighted by Crippen LogP contribution is -2.15. The van der Waals surface area contributed by atoms with Crippen LogP contribution in [-0.4, -0.2) is 9.78 Å². The molecular formula is C9H11F3N2. The lowest BCUT2D eigenvalue weighted by molar-refractivity contribution is -0.144. The lowest BCUT2D eigenvalue weighted by Gasteiger charge is -2.11. The van der Waals surface area contributed by atoms with E-state index in [0.29, 0.717) is 12.0 Å². The number of alkyl halides is 3. The fourth-order valence-electron chi connectivity index (χ4n) is 1.56. The van der Waals surface area contributed by atoms with E-state index in [1.807, 2.05) is 0 Å². The molecule has 0 bridgehead atoms. The molecule has 1 aromatic rings. The molecule has 14 heavy (non-hydrogen) atoms. The predicted molar refractivity (Wildman–Crippen MR) is 44.9 cm³/mol. The monoisotopic (exact) mass is 204 g/mol. The van der Waals surface area contributed by atoms with Crippen molar-refractivity contribution in [1.82, 2.24) is 9.78 Å². The van der Waals surface area contributed by atoms with Gasteiger partial charge < -0.3 is 0 Å². The molecule has 1 heterocycles. The van der Waals surface area contributed by atoms with Crippen molar-refractivity contribution in [3.05, 3.63) is 17.5 Å². The minimum Gasteiger partial charge on any atom is -0.257 e. The Morgan fingerprint density at radius 1 is 1.50 bits per heavy atom. The van der Waals surface area contributed by atoms with E-state index in [1.54, 1.807) is 6.92 Å². The average Bonchev–Trinajstić information content (AvgIpc) is 2.82. The van der Waals surface area contributed by atoms with Gasteiger partial charge in [0.05, 0.1) is 12.2 Å². The molecule has 1 aliphatic rings. The Morgan fingerprint density at radius 2 is 2.14 bits per heavy atom. The summed E-state index contributed by atoms with van der Waals surface area (Å²) in [6.45, 7) is 1.71. The molecule has 0 atom stereocenters. The van der Waals surface area contributed by atoms with Crippen molar-refractivity contribution in [1.29, 1.82) is 0 Å². The van der Waals surface area contributed by atoms with Crippen LogP contribution in [0.15, 0.2) is 6.20 Å². The molecule has 0 amide bonds. The zero-order valence-electron chi connectivity index (χ0n) is 7.80. The van der Waals surface area contributed by atoms with Gasteiger partial charge in [0, 0.05) is 5.56 Å². The fourth-order valence-corrected chi connectivity index (χ4v) is 1.56. The maximum Gasteiger partial charge on any atom is 0.433 e. The first-order chi connectivity index (χ1) is 6.54. The minimum atomic E-state index is -4.27. The number of hydrogen-bond acceptors (Lipinski definition) is 1. The average molecular weight is 204 g/mol. The quantitative estimate of drug-likeness (QED) is 0.724. The summed E-state index contributed by atoms with van der Waals surface area (Å²) in [5, 5.41) is 3.81. The Morgan fingerprint density at radius 3 is 2.57 bits per heavy atom. The van der Waals surface area contributed by atoms with E-state index in [1.165, 1.54) is 6.20 Å². The van der Waals surface area contributed by atoms with Crippen molar-refractivity contribution in [2.75, 3.05) is 0 Å². The van der Waals surface area contributed by atoms with Crippen LogP contribution >= 0.6 is 0 Å². The van der Waals surface area contributed by atoms with E-state index in [9.17, 15) is 13.2 Å². The summed E-state index contributed by atoms with van der Waals surface area (Å²) in [5.41, 5.74) is -0.257. The standard InChI is InChI=1S/C9H11F3N2/c1-2-6-5-13-14(7-3-4-7)8(6)9(10,11)12/h5,7H,2-4H2,1H3. The van der Waals surface area contributed by atoms with E-state index in [2.05, 4.69) is 5.10 Å². The van der Waals surface area contributed by atoms with Crippen LogP contribution in [0.1, 0.15) is 37.1 Å². The summed E-state index contributed by atoms with van der Waals surface area (Å²) >= 11 is 0. The van der Waals surface area contributed by atoms with Crippen LogP contribution < -0.4 is 0 Å². The summed E-state index contributed by atoms with van der Waals surface area (Å²) in [6.07, 6.45) is -0.936. The minimum absolute atomic E-state index is 0.0214. The van der Waals surface area contributed by atoms with Crippen molar-refractivity contribution in [2.45, 2.75) is 38.4 Å². The molecule has 78 valence electrons.